The molecule has 1 N–H and O–H groups in total. The van der Waals surface area contributed by atoms with E-state index in [1.165, 1.54) is 0 Å². The molecule has 0 aliphatic rings. The molecule has 4 nitrogen and oxygen atoms in total. The molecule has 0 radical (unpaired) electrons. The van der Waals surface area contributed by atoms with E-state index in [9.17, 15) is 0 Å². The summed E-state index contributed by atoms with van der Waals surface area (Å²) in [5.74, 6) is 0.783. The SMILES string of the molecule is OCc1cccn1Cc1ccno1. The van der Waals surface area contributed by atoms with E-state index in [-0.39, 0.29) is 6.61 Å². The fourth-order valence-corrected chi connectivity index (χ4v) is 1.24. The fraction of sp³-hybridized carbons (Fsp3) is 0.222. The van der Waals surface area contributed by atoms with Crippen LogP contribution in [0, 0.1) is 0 Å². The van der Waals surface area contributed by atoms with Crippen molar-refractivity contribution < 1.29 is 9.63 Å². The van der Waals surface area contributed by atoms with Crippen LogP contribution in [0.3, 0.4) is 0 Å². The first-order valence-corrected chi connectivity index (χ1v) is 4.04. The summed E-state index contributed by atoms with van der Waals surface area (Å²) in [5, 5.41) is 12.6. The van der Waals surface area contributed by atoms with Crippen molar-refractivity contribution in [3.63, 3.8) is 0 Å². The van der Waals surface area contributed by atoms with Crippen LogP contribution in [0.2, 0.25) is 0 Å². The maximum absolute atomic E-state index is 8.97. The molecule has 0 saturated heterocycles. The highest BCUT2D eigenvalue weighted by atomic mass is 16.5. The van der Waals surface area contributed by atoms with Crippen molar-refractivity contribution in [3.05, 3.63) is 42.0 Å². The molecule has 68 valence electrons. The molecule has 0 atom stereocenters. The Kier molecular flexibility index (Phi) is 2.14. The van der Waals surface area contributed by atoms with Gasteiger partial charge in [0.15, 0.2) is 5.76 Å². The van der Waals surface area contributed by atoms with E-state index in [0.717, 1.165) is 11.5 Å². The second kappa shape index (κ2) is 3.45. The minimum absolute atomic E-state index is 0.0428. The molecular weight excluding hydrogens is 168 g/mol. The van der Waals surface area contributed by atoms with Crippen molar-refractivity contribution in [2.75, 3.05) is 0 Å². The van der Waals surface area contributed by atoms with E-state index < -0.39 is 0 Å². The molecule has 2 aromatic rings. The Hall–Kier alpha value is -1.55. The molecule has 0 aromatic carbocycles. The number of aliphatic hydroxyl groups excluding tert-OH is 1. The van der Waals surface area contributed by atoms with E-state index in [4.69, 9.17) is 9.63 Å². The Bertz CT molecular complexity index is 365. The predicted octanol–water partition coefficient (Wildman–Crippen LogP) is 1.02. The number of nitrogens with zero attached hydrogens (tertiary/aromatic N) is 2. The first kappa shape index (κ1) is 8.07. The normalized spacial score (nSPS) is 10.5. The third kappa shape index (κ3) is 1.62. The number of aliphatic hydroxyl groups is 1. The van der Waals surface area contributed by atoms with Gasteiger partial charge in [-0.3, -0.25) is 0 Å². The van der Waals surface area contributed by atoms with Gasteiger partial charge in [-0.05, 0) is 12.1 Å². The van der Waals surface area contributed by atoms with Crippen LogP contribution < -0.4 is 0 Å². The Labute approximate surface area is 75.4 Å². The molecule has 2 rings (SSSR count). The average Bonchev–Trinajstić information content (AvgIpc) is 2.76. The van der Waals surface area contributed by atoms with Gasteiger partial charge >= 0.3 is 0 Å². The molecule has 2 heterocycles. The average molecular weight is 178 g/mol. The lowest BCUT2D eigenvalue weighted by Crippen LogP contribution is -2.01. The minimum Gasteiger partial charge on any atom is -0.390 e. The second-order valence-electron chi connectivity index (χ2n) is 2.76. The quantitative estimate of drug-likeness (QED) is 0.763. The summed E-state index contributed by atoms with van der Waals surface area (Å²) >= 11 is 0. The molecular formula is C9H10N2O2. The molecule has 0 fully saturated rings. The Morgan fingerprint density at radius 1 is 1.46 bits per heavy atom. The van der Waals surface area contributed by atoms with Crippen LogP contribution in [0.25, 0.3) is 0 Å². The van der Waals surface area contributed by atoms with Gasteiger partial charge in [0.25, 0.3) is 0 Å². The van der Waals surface area contributed by atoms with Gasteiger partial charge in [-0.2, -0.15) is 0 Å². The Morgan fingerprint density at radius 3 is 3.08 bits per heavy atom. The van der Waals surface area contributed by atoms with Crippen molar-refractivity contribution in [3.8, 4) is 0 Å². The summed E-state index contributed by atoms with van der Waals surface area (Å²) in [4.78, 5) is 0. The number of hydrogen-bond acceptors (Lipinski definition) is 3. The molecule has 2 aromatic heterocycles. The number of rotatable bonds is 3. The first-order valence-electron chi connectivity index (χ1n) is 4.04. The van der Waals surface area contributed by atoms with Gasteiger partial charge in [0.1, 0.15) is 0 Å². The van der Waals surface area contributed by atoms with Crippen molar-refractivity contribution in [1.82, 2.24) is 9.72 Å². The van der Waals surface area contributed by atoms with Crippen molar-refractivity contribution in [2.24, 2.45) is 0 Å². The van der Waals surface area contributed by atoms with E-state index >= 15 is 0 Å². The van der Waals surface area contributed by atoms with Crippen LogP contribution >= 0.6 is 0 Å². The molecule has 0 aliphatic carbocycles. The van der Waals surface area contributed by atoms with E-state index in [1.807, 2.05) is 22.9 Å². The summed E-state index contributed by atoms with van der Waals surface area (Å²) < 4.78 is 6.87. The van der Waals surface area contributed by atoms with Gasteiger partial charge in [-0.15, -0.1) is 0 Å². The zero-order valence-electron chi connectivity index (χ0n) is 7.05. The lowest BCUT2D eigenvalue weighted by molar-refractivity contribution is 0.269. The molecule has 0 spiro atoms. The topological polar surface area (TPSA) is 51.2 Å². The monoisotopic (exact) mass is 178 g/mol. The van der Waals surface area contributed by atoms with Crippen LogP contribution in [0.15, 0.2) is 35.1 Å². The molecule has 0 saturated carbocycles. The summed E-state index contributed by atoms with van der Waals surface area (Å²) in [6.45, 7) is 0.657. The molecule has 0 unspecified atom stereocenters. The summed E-state index contributed by atoms with van der Waals surface area (Å²) in [5.41, 5.74) is 0.872. The van der Waals surface area contributed by atoms with Gasteiger partial charge in [0.05, 0.1) is 19.3 Å². The summed E-state index contributed by atoms with van der Waals surface area (Å²) in [6, 6.07) is 5.57. The molecule has 4 heteroatoms. The lowest BCUT2D eigenvalue weighted by Gasteiger charge is -2.03. The van der Waals surface area contributed by atoms with Crippen LogP contribution in [0.1, 0.15) is 11.5 Å². The summed E-state index contributed by atoms with van der Waals surface area (Å²) in [7, 11) is 0. The molecule has 0 bridgehead atoms. The van der Waals surface area contributed by atoms with Gasteiger partial charge < -0.3 is 14.2 Å². The third-order valence-electron chi connectivity index (χ3n) is 1.90. The third-order valence-corrected chi connectivity index (χ3v) is 1.90. The van der Waals surface area contributed by atoms with Crippen molar-refractivity contribution >= 4 is 0 Å². The van der Waals surface area contributed by atoms with Crippen LogP contribution in [-0.4, -0.2) is 14.8 Å². The predicted molar refractivity (Wildman–Crippen MR) is 46.0 cm³/mol. The molecule has 0 aliphatic heterocycles. The van der Waals surface area contributed by atoms with Gasteiger partial charge in [0.2, 0.25) is 0 Å². The highest BCUT2D eigenvalue weighted by Gasteiger charge is 2.02. The zero-order chi connectivity index (χ0) is 9.10. The lowest BCUT2D eigenvalue weighted by atomic mass is 10.4. The number of hydrogen-bond donors (Lipinski definition) is 1. The first-order chi connectivity index (χ1) is 6.40. The zero-order valence-corrected chi connectivity index (χ0v) is 7.05. The number of aromatic nitrogens is 2. The van der Waals surface area contributed by atoms with Gasteiger partial charge in [-0.1, -0.05) is 5.16 Å². The maximum atomic E-state index is 8.97. The maximum Gasteiger partial charge on any atom is 0.156 e. The van der Waals surface area contributed by atoms with E-state index in [0.29, 0.717) is 6.54 Å². The Balaban J connectivity index is 2.18. The highest BCUT2D eigenvalue weighted by molar-refractivity contribution is 5.08. The van der Waals surface area contributed by atoms with E-state index in [2.05, 4.69) is 5.16 Å². The standard InChI is InChI=1S/C9H10N2O2/c12-7-8-2-1-5-11(8)6-9-3-4-10-13-9/h1-5,12H,6-7H2. The largest absolute Gasteiger partial charge is 0.390 e. The minimum atomic E-state index is 0.0428. The smallest absolute Gasteiger partial charge is 0.156 e. The van der Waals surface area contributed by atoms with Gasteiger partial charge in [-0.25, -0.2) is 0 Å². The van der Waals surface area contributed by atoms with Crippen LogP contribution in [0.5, 0.6) is 0 Å². The molecule has 0 amide bonds. The van der Waals surface area contributed by atoms with Gasteiger partial charge in [0, 0.05) is 18.0 Å². The molecule has 13 heavy (non-hydrogen) atoms. The van der Waals surface area contributed by atoms with Crippen LogP contribution in [-0.2, 0) is 13.2 Å². The van der Waals surface area contributed by atoms with Crippen molar-refractivity contribution in [2.45, 2.75) is 13.2 Å². The Morgan fingerprint density at radius 2 is 2.38 bits per heavy atom. The summed E-state index contributed by atoms with van der Waals surface area (Å²) in [6.07, 6.45) is 3.51. The second-order valence-corrected chi connectivity index (χ2v) is 2.76. The van der Waals surface area contributed by atoms with Crippen LogP contribution in [0.4, 0.5) is 0 Å². The van der Waals surface area contributed by atoms with Crippen molar-refractivity contribution in [1.29, 1.82) is 0 Å². The highest BCUT2D eigenvalue weighted by Crippen LogP contribution is 2.06. The van der Waals surface area contributed by atoms with E-state index in [1.54, 1.807) is 12.3 Å². The fourth-order valence-electron chi connectivity index (χ4n) is 1.24.